The Morgan fingerprint density at radius 2 is 2.17 bits per heavy atom. The van der Waals surface area contributed by atoms with Crippen molar-refractivity contribution in [3.63, 3.8) is 0 Å². The number of nitrogens with zero attached hydrogens (tertiary/aromatic N) is 1. The van der Waals surface area contributed by atoms with Crippen LogP contribution in [0.4, 0.5) is 11.5 Å². The van der Waals surface area contributed by atoms with Gasteiger partial charge in [-0.3, -0.25) is 14.4 Å². The first-order valence-corrected chi connectivity index (χ1v) is 9.66. The molecule has 1 aliphatic heterocycles. The molecule has 0 aliphatic carbocycles. The van der Waals surface area contributed by atoms with Gasteiger partial charge in [0.25, 0.3) is 5.56 Å². The highest BCUT2D eigenvalue weighted by atomic mass is 32.2. The van der Waals surface area contributed by atoms with Gasteiger partial charge in [-0.1, -0.05) is 17.8 Å². The molecule has 3 N–H and O–H groups in total. The van der Waals surface area contributed by atoms with Crippen molar-refractivity contribution < 1.29 is 19.1 Å². The van der Waals surface area contributed by atoms with E-state index in [0.717, 1.165) is 0 Å². The molecule has 0 fully saturated rings. The first kappa shape index (κ1) is 20.5. The number of thioether (sulfide) groups is 1. The van der Waals surface area contributed by atoms with Crippen LogP contribution >= 0.6 is 11.8 Å². The highest BCUT2D eigenvalue weighted by Crippen LogP contribution is 2.33. The second kappa shape index (κ2) is 8.82. The Hall–Kier alpha value is -3.27. The summed E-state index contributed by atoms with van der Waals surface area (Å²) in [6.45, 7) is 3.62. The van der Waals surface area contributed by atoms with Gasteiger partial charge in [0.05, 0.1) is 31.4 Å². The number of anilines is 2. The fourth-order valence-corrected chi connectivity index (χ4v) is 3.50. The molecule has 2 aromatic rings. The second-order valence-corrected chi connectivity index (χ2v) is 7.10. The Bertz CT molecular complexity index is 1020. The minimum absolute atomic E-state index is 0.0957. The smallest absolute Gasteiger partial charge is 0.257 e. The van der Waals surface area contributed by atoms with Crippen molar-refractivity contribution in [2.24, 2.45) is 0 Å². The van der Waals surface area contributed by atoms with Crippen LogP contribution in [0.5, 0.6) is 11.5 Å². The first-order valence-electron chi connectivity index (χ1n) is 8.67. The van der Waals surface area contributed by atoms with Crippen LogP contribution < -0.4 is 25.7 Å². The highest BCUT2D eigenvalue weighted by Gasteiger charge is 2.35. The van der Waals surface area contributed by atoms with Crippen LogP contribution in [-0.4, -0.2) is 41.8 Å². The number of hydrogen-bond donors (Lipinski definition) is 3. The van der Waals surface area contributed by atoms with Gasteiger partial charge >= 0.3 is 0 Å². The van der Waals surface area contributed by atoms with E-state index in [-0.39, 0.29) is 17.8 Å². The lowest BCUT2D eigenvalue weighted by Crippen LogP contribution is -2.36. The van der Waals surface area contributed by atoms with Crippen molar-refractivity contribution in [1.82, 2.24) is 9.97 Å². The molecule has 9 nitrogen and oxygen atoms in total. The number of carbonyl (C=O) groups excluding carboxylic acids is 2. The number of fused-ring (bicyclic) bond motifs is 1. The third kappa shape index (κ3) is 4.43. The van der Waals surface area contributed by atoms with Gasteiger partial charge < -0.3 is 25.1 Å². The number of methoxy groups -OCH3 is 2. The molecule has 2 amide bonds. The van der Waals surface area contributed by atoms with Crippen LogP contribution in [0, 0.1) is 0 Å². The van der Waals surface area contributed by atoms with Crippen LogP contribution in [0.15, 0.2) is 40.8 Å². The molecule has 152 valence electrons. The summed E-state index contributed by atoms with van der Waals surface area (Å²) in [5.74, 6) is -0.301. The summed E-state index contributed by atoms with van der Waals surface area (Å²) in [6, 6.07) is 4.91. The molecule has 0 radical (unpaired) electrons. The SMILES string of the molecule is C=CCSc1nc2c(c(=O)[nH]1)[C@H](C(=O)Nc1ccc(OC)cc1OC)CC(=O)N2. The zero-order valence-electron chi connectivity index (χ0n) is 15.9. The van der Waals surface area contributed by atoms with Crippen LogP contribution in [0.3, 0.4) is 0 Å². The van der Waals surface area contributed by atoms with Gasteiger partial charge in [-0.05, 0) is 12.1 Å². The number of H-pyrrole nitrogens is 1. The van der Waals surface area contributed by atoms with E-state index in [0.29, 0.717) is 28.1 Å². The molecular formula is C19H20N4O5S. The number of aromatic nitrogens is 2. The Morgan fingerprint density at radius 1 is 1.38 bits per heavy atom. The van der Waals surface area contributed by atoms with Gasteiger partial charge in [0.15, 0.2) is 5.16 Å². The molecule has 1 aliphatic rings. The molecule has 0 bridgehead atoms. The number of nitrogens with one attached hydrogen (secondary N) is 3. The predicted molar refractivity (Wildman–Crippen MR) is 110 cm³/mol. The monoisotopic (exact) mass is 416 g/mol. The zero-order chi connectivity index (χ0) is 21.0. The number of rotatable bonds is 7. The van der Waals surface area contributed by atoms with Gasteiger partial charge in [0.2, 0.25) is 11.8 Å². The van der Waals surface area contributed by atoms with E-state index in [1.165, 1.54) is 26.0 Å². The quantitative estimate of drug-likeness (QED) is 0.359. The second-order valence-electron chi connectivity index (χ2n) is 6.09. The fraction of sp³-hybridized carbons (Fsp3) is 0.263. The zero-order valence-corrected chi connectivity index (χ0v) is 16.7. The van der Waals surface area contributed by atoms with Crippen LogP contribution in [0.2, 0.25) is 0 Å². The summed E-state index contributed by atoms with van der Waals surface area (Å²) >= 11 is 1.26. The molecule has 0 spiro atoms. The Balaban J connectivity index is 1.92. The number of carbonyl (C=O) groups is 2. The summed E-state index contributed by atoms with van der Waals surface area (Å²) in [5, 5.41) is 5.63. The lowest BCUT2D eigenvalue weighted by Gasteiger charge is -2.24. The number of benzene rings is 1. The summed E-state index contributed by atoms with van der Waals surface area (Å²) in [5.41, 5.74) is 0.0503. The average Bonchev–Trinajstić information content (AvgIpc) is 2.71. The average molecular weight is 416 g/mol. The third-order valence-electron chi connectivity index (χ3n) is 4.25. The normalized spacial score (nSPS) is 15.1. The third-order valence-corrected chi connectivity index (χ3v) is 5.12. The van der Waals surface area contributed by atoms with Crippen molar-refractivity contribution in [3.8, 4) is 11.5 Å². The van der Waals surface area contributed by atoms with E-state index in [2.05, 4.69) is 27.2 Å². The predicted octanol–water partition coefficient (Wildman–Crippen LogP) is 2.13. The van der Waals surface area contributed by atoms with Crippen molar-refractivity contribution in [2.45, 2.75) is 17.5 Å². The van der Waals surface area contributed by atoms with Crippen molar-refractivity contribution in [3.05, 3.63) is 46.8 Å². The van der Waals surface area contributed by atoms with Crippen molar-refractivity contribution in [1.29, 1.82) is 0 Å². The van der Waals surface area contributed by atoms with Crippen molar-refractivity contribution >= 4 is 35.1 Å². The summed E-state index contributed by atoms with van der Waals surface area (Å²) < 4.78 is 10.4. The lowest BCUT2D eigenvalue weighted by molar-refractivity contribution is -0.123. The van der Waals surface area contributed by atoms with Gasteiger partial charge in [0, 0.05) is 18.2 Å². The van der Waals surface area contributed by atoms with E-state index >= 15 is 0 Å². The molecule has 1 aromatic heterocycles. The molecule has 3 rings (SSSR count). The molecule has 0 unspecified atom stereocenters. The van der Waals surface area contributed by atoms with Gasteiger partial charge in [-0.2, -0.15) is 0 Å². The lowest BCUT2D eigenvalue weighted by atomic mass is 9.92. The summed E-state index contributed by atoms with van der Waals surface area (Å²) in [6.07, 6.45) is 1.50. The maximum atomic E-state index is 12.9. The van der Waals surface area contributed by atoms with Gasteiger partial charge in [-0.25, -0.2) is 4.98 Å². The number of aromatic amines is 1. The Labute approximate surface area is 170 Å². The van der Waals surface area contributed by atoms with Gasteiger partial charge in [0.1, 0.15) is 17.3 Å². The van der Waals surface area contributed by atoms with E-state index in [1.807, 2.05) is 0 Å². The molecule has 1 atom stereocenters. The largest absolute Gasteiger partial charge is 0.497 e. The number of amides is 2. The minimum atomic E-state index is -0.986. The number of ether oxygens (including phenoxy) is 2. The maximum absolute atomic E-state index is 12.9. The number of hydrogen-bond acceptors (Lipinski definition) is 7. The summed E-state index contributed by atoms with van der Waals surface area (Å²) in [4.78, 5) is 44.6. The van der Waals surface area contributed by atoms with E-state index < -0.39 is 23.3 Å². The van der Waals surface area contributed by atoms with Crippen LogP contribution in [-0.2, 0) is 9.59 Å². The Kier molecular flexibility index (Phi) is 6.23. The van der Waals surface area contributed by atoms with Crippen LogP contribution in [0.1, 0.15) is 17.9 Å². The fourth-order valence-electron chi connectivity index (χ4n) is 2.90. The first-order chi connectivity index (χ1) is 14.0. The van der Waals surface area contributed by atoms with Crippen molar-refractivity contribution in [2.75, 3.05) is 30.6 Å². The molecule has 1 aromatic carbocycles. The summed E-state index contributed by atoms with van der Waals surface area (Å²) in [7, 11) is 2.98. The van der Waals surface area contributed by atoms with Gasteiger partial charge in [-0.15, -0.1) is 6.58 Å². The molecule has 0 saturated carbocycles. The standard InChI is InChI=1S/C19H20N4O5S/c1-4-7-29-19-22-16-15(18(26)23-19)11(9-14(24)21-16)17(25)20-12-6-5-10(27-2)8-13(12)28-3/h4-6,8,11H,1,7,9H2,2-3H3,(H,20,25)(H2,21,22,23,24,26)/t11-/m1/s1. The van der Waals surface area contributed by atoms with Crippen LogP contribution in [0.25, 0.3) is 0 Å². The van der Waals surface area contributed by atoms with E-state index in [1.54, 1.807) is 24.3 Å². The topological polar surface area (TPSA) is 122 Å². The van der Waals surface area contributed by atoms with E-state index in [9.17, 15) is 14.4 Å². The molecular weight excluding hydrogens is 396 g/mol. The Morgan fingerprint density at radius 3 is 2.86 bits per heavy atom. The molecule has 10 heteroatoms. The maximum Gasteiger partial charge on any atom is 0.257 e. The molecule has 2 heterocycles. The minimum Gasteiger partial charge on any atom is -0.497 e. The molecule has 29 heavy (non-hydrogen) atoms. The van der Waals surface area contributed by atoms with E-state index in [4.69, 9.17) is 9.47 Å². The highest BCUT2D eigenvalue weighted by molar-refractivity contribution is 7.99. The molecule has 0 saturated heterocycles.